The van der Waals surface area contributed by atoms with Crippen molar-refractivity contribution in [3.05, 3.63) is 46.5 Å². The first kappa shape index (κ1) is 14.3. The zero-order valence-electron chi connectivity index (χ0n) is 12.6. The Labute approximate surface area is 125 Å². The van der Waals surface area contributed by atoms with Gasteiger partial charge in [-0.2, -0.15) is 0 Å². The lowest BCUT2D eigenvalue weighted by Gasteiger charge is -2.28. The van der Waals surface area contributed by atoms with E-state index >= 15 is 0 Å². The first-order valence-corrected chi connectivity index (χ1v) is 7.95. The minimum Gasteiger partial charge on any atom is -0.308 e. The Morgan fingerprint density at radius 2 is 2.14 bits per heavy atom. The van der Waals surface area contributed by atoms with Crippen molar-refractivity contribution in [2.24, 2.45) is 5.92 Å². The third kappa shape index (κ3) is 3.32. The molecule has 4 heteroatoms. The van der Waals surface area contributed by atoms with E-state index in [-0.39, 0.29) is 5.56 Å². The van der Waals surface area contributed by atoms with E-state index in [2.05, 4.69) is 17.2 Å². The van der Waals surface area contributed by atoms with Crippen molar-refractivity contribution in [1.82, 2.24) is 14.7 Å². The van der Waals surface area contributed by atoms with Crippen molar-refractivity contribution < 1.29 is 0 Å². The number of pyridine rings is 1. The first-order valence-electron chi connectivity index (χ1n) is 7.95. The molecule has 0 aromatic carbocycles. The quantitative estimate of drug-likeness (QED) is 0.939. The third-order valence-electron chi connectivity index (χ3n) is 4.59. The minimum atomic E-state index is -0.0114. The van der Waals surface area contributed by atoms with E-state index in [0.717, 1.165) is 11.6 Å². The van der Waals surface area contributed by atoms with Crippen LogP contribution in [0.1, 0.15) is 44.7 Å². The van der Waals surface area contributed by atoms with Crippen LogP contribution in [0, 0.1) is 5.92 Å². The molecule has 0 bridgehead atoms. The standard InChI is InChI=1S/C17H23N3O/c1-13(14-7-3-2-4-8-14)18-12-15-11-17(21)20-10-6-5-9-16(20)19-15/h5-6,9-11,13-14,18H,2-4,7-8,12H2,1H3/t13-/m1/s1. The number of aromatic nitrogens is 2. The van der Waals surface area contributed by atoms with E-state index in [1.807, 2.05) is 18.2 Å². The lowest BCUT2D eigenvalue weighted by atomic mass is 9.84. The van der Waals surface area contributed by atoms with Crippen LogP contribution in [0.5, 0.6) is 0 Å². The molecular formula is C17H23N3O. The smallest absolute Gasteiger partial charge is 0.258 e. The van der Waals surface area contributed by atoms with Crippen LogP contribution < -0.4 is 10.9 Å². The number of fused-ring (bicyclic) bond motifs is 1. The molecule has 0 amide bonds. The van der Waals surface area contributed by atoms with Gasteiger partial charge < -0.3 is 5.32 Å². The number of nitrogens with zero attached hydrogens (tertiary/aromatic N) is 2. The summed E-state index contributed by atoms with van der Waals surface area (Å²) in [5.41, 5.74) is 1.53. The van der Waals surface area contributed by atoms with Crippen LogP contribution in [0.25, 0.3) is 5.65 Å². The Bertz CT molecular complexity index is 658. The van der Waals surface area contributed by atoms with Crippen molar-refractivity contribution in [2.45, 2.75) is 51.6 Å². The van der Waals surface area contributed by atoms with Gasteiger partial charge in [-0.1, -0.05) is 25.3 Å². The molecule has 0 saturated heterocycles. The Hall–Kier alpha value is -1.68. The van der Waals surface area contributed by atoms with Gasteiger partial charge in [-0.05, 0) is 37.8 Å². The summed E-state index contributed by atoms with van der Waals surface area (Å²) in [5, 5.41) is 3.55. The molecule has 0 spiro atoms. The van der Waals surface area contributed by atoms with Gasteiger partial charge in [0.2, 0.25) is 0 Å². The van der Waals surface area contributed by atoms with E-state index in [0.29, 0.717) is 18.2 Å². The molecule has 21 heavy (non-hydrogen) atoms. The van der Waals surface area contributed by atoms with Crippen molar-refractivity contribution in [1.29, 1.82) is 0 Å². The van der Waals surface area contributed by atoms with Crippen LogP contribution in [0.4, 0.5) is 0 Å². The van der Waals surface area contributed by atoms with Gasteiger partial charge in [0.1, 0.15) is 5.65 Å². The highest BCUT2D eigenvalue weighted by atomic mass is 16.1. The molecule has 1 aliphatic rings. The lowest BCUT2D eigenvalue weighted by molar-refractivity contribution is 0.280. The predicted molar refractivity (Wildman–Crippen MR) is 84.3 cm³/mol. The summed E-state index contributed by atoms with van der Waals surface area (Å²) in [5.74, 6) is 0.764. The van der Waals surface area contributed by atoms with E-state index < -0.39 is 0 Å². The van der Waals surface area contributed by atoms with Crippen molar-refractivity contribution >= 4 is 5.65 Å². The fourth-order valence-electron chi connectivity index (χ4n) is 3.26. The summed E-state index contributed by atoms with van der Waals surface area (Å²) in [4.78, 5) is 16.6. The molecule has 2 heterocycles. The van der Waals surface area contributed by atoms with Crippen molar-refractivity contribution in [3.8, 4) is 0 Å². The normalized spacial score (nSPS) is 18.0. The summed E-state index contributed by atoms with van der Waals surface area (Å²) >= 11 is 0. The molecule has 1 saturated carbocycles. The van der Waals surface area contributed by atoms with Gasteiger partial charge in [0, 0.05) is 24.8 Å². The fraction of sp³-hybridized carbons (Fsp3) is 0.529. The number of hydrogen-bond donors (Lipinski definition) is 1. The molecule has 2 aromatic heterocycles. The van der Waals surface area contributed by atoms with Crippen molar-refractivity contribution in [2.75, 3.05) is 0 Å². The lowest BCUT2D eigenvalue weighted by Crippen LogP contribution is -2.34. The van der Waals surface area contributed by atoms with E-state index in [1.54, 1.807) is 16.7 Å². The van der Waals surface area contributed by atoms with E-state index in [1.165, 1.54) is 32.1 Å². The van der Waals surface area contributed by atoms with Crippen LogP contribution in [0.2, 0.25) is 0 Å². The highest BCUT2D eigenvalue weighted by Crippen LogP contribution is 2.26. The minimum absolute atomic E-state index is 0.0114. The second kappa shape index (κ2) is 6.39. The van der Waals surface area contributed by atoms with Gasteiger partial charge in [-0.3, -0.25) is 9.20 Å². The van der Waals surface area contributed by atoms with Gasteiger partial charge in [-0.25, -0.2) is 4.98 Å². The maximum atomic E-state index is 12.0. The zero-order valence-corrected chi connectivity index (χ0v) is 12.6. The van der Waals surface area contributed by atoms with Crippen LogP contribution in [0.15, 0.2) is 35.3 Å². The van der Waals surface area contributed by atoms with Gasteiger partial charge in [0.05, 0.1) is 5.69 Å². The van der Waals surface area contributed by atoms with Crippen LogP contribution in [0.3, 0.4) is 0 Å². The number of rotatable bonds is 4. The second-order valence-electron chi connectivity index (χ2n) is 6.08. The first-order chi connectivity index (χ1) is 10.2. The predicted octanol–water partition coefficient (Wildman–Crippen LogP) is 2.75. The highest BCUT2D eigenvalue weighted by Gasteiger charge is 2.19. The summed E-state index contributed by atoms with van der Waals surface area (Å²) in [6, 6.07) is 7.74. The molecule has 3 rings (SSSR count). The third-order valence-corrected chi connectivity index (χ3v) is 4.59. The Morgan fingerprint density at radius 3 is 2.95 bits per heavy atom. The molecule has 1 fully saturated rings. The van der Waals surface area contributed by atoms with E-state index in [4.69, 9.17) is 0 Å². The summed E-state index contributed by atoms with van der Waals surface area (Å²) < 4.78 is 1.58. The Balaban J connectivity index is 1.69. The van der Waals surface area contributed by atoms with Gasteiger partial charge in [0.15, 0.2) is 0 Å². The number of hydrogen-bond acceptors (Lipinski definition) is 3. The van der Waals surface area contributed by atoms with Gasteiger partial charge in [0.25, 0.3) is 5.56 Å². The highest BCUT2D eigenvalue weighted by molar-refractivity contribution is 5.37. The average Bonchev–Trinajstić information content (AvgIpc) is 2.53. The summed E-state index contributed by atoms with van der Waals surface area (Å²) in [6.07, 6.45) is 8.49. The Morgan fingerprint density at radius 1 is 1.33 bits per heavy atom. The molecule has 1 N–H and O–H groups in total. The molecule has 0 unspecified atom stereocenters. The summed E-state index contributed by atoms with van der Waals surface area (Å²) in [6.45, 7) is 2.92. The SMILES string of the molecule is C[C@@H](NCc1cc(=O)n2ccccc2n1)C1CCCCC1. The molecule has 4 nitrogen and oxygen atoms in total. The van der Waals surface area contributed by atoms with E-state index in [9.17, 15) is 4.79 Å². The Kier molecular flexibility index (Phi) is 4.34. The zero-order chi connectivity index (χ0) is 14.7. The molecule has 0 radical (unpaired) electrons. The second-order valence-corrected chi connectivity index (χ2v) is 6.08. The molecule has 1 atom stereocenters. The molecule has 0 aliphatic heterocycles. The molecule has 112 valence electrons. The van der Waals surface area contributed by atoms with Crippen LogP contribution in [-0.2, 0) is 6.54 Å². The molecule has 1 aliphatic carbocycles. The van der Waals surface area contributed by atoms with Gasteiger partial charge >= 0.3 is 0 Å². The number of nitrogens with one attached hydrogen (secondary N) is 1. The monoisotopic (exact) mass is 285 g/mol. The van der Waals surface area contributed by atoms with Gasteiger partial charge in [-0.15, -0.1) is 0 Å². The average molecular weight is 285 g/mol. The maximum Gasteiger partial charge on any atom is 0.258 e. The maximum absolute atomic E-state index is 12.0. The van der Waals surface area contributed by atoms with Crippen LogP contribution in [-0.4, -0.2) is 15.4 Å². The summed E-state index contributed by atoms with van der Waals surface area (Å²) in [7, 11) is 0. The molecule has 2 aromatic rings. The van der Waals surface area contributed by atoms with Crippen LogP contribution >= 0.6 is 0 Å². The largest absolute Gasteiger partial charge is 0.308 e. The van der Waals surface area contributed by atoms with Crippen molar-refractivity contribution in [3.63, 3.8) is 0 Å². The molecular weight excluding hydrogens is 262 g/mol. The topological polar surface area (TPSA) is 46.4 Å². The fourth-order valence-corrected chi connectivity index (χ4v) is 3.26.